The van der Waals surface area contributed by atoms with E-state index in [1.165, 1.54) is 0 Å². The molecule has 0 fully saturated rings. The van der Waals surface area contributed by atoms with Crippen molar-refractivity contribution in [1.29, 1.82) is 0 Å². The molecule has 1 aromatic heterocycles. The van der Waals surface area contributed by atoms with Crippen molar-refractivity contribution < 1.29 is 4.74 Å². The lowest BCUT2D eigenvalue weighted by molar-refractivity contribution is 0.412. The van der Waals surface area contributed by atoms with Gasteiger partial charge in [-0.05, 0) is 49.7 Å². The molecule has 4 nitrogen and oxygen atoms in total. The Hall–Kier alpha value is -2.23. The van der Waals surface area contributed by atoms with E-state index in [9.17, 15) is 0 Å². The van der Waals surface area contributed by atoms with Crippen LogP contribution in [0.2, 0.25) is 0 Å². The highest BCUT2D eigenvalue weighted by Crippen LogP contribution is 2.25. The second-order valence-electron chi connectivity index (χ2n) is 4.20. The summed E-state index contributed by atoms with van der Waals surface area (Å²) in [5.41, 5.74) is 9.45. The van der Waals surface area contributed by atoms with Gasteiger partial charge < -0.3 is 15.8 Å². The second kappa shape index (κ2) is 4.96. The topological polar surface area (TPSA) is 60.2 Å². The SMILES string of the molecule is COc1ccc(Nc2nc(C)ccc2N)cc1C. The van der Waals surface area contributed by atoms with Crippen molar-refractivity contribution >= 4 is 17.2 Å². The molecule has 18 heavy (non-hydrogen) atoms. The maximum absolute atomic E-state index is 5.88. The lowest BCUT2D eigenvalue weighted by Crippen LogP contribution is -2.00. The van der Waals surface area contributed by atoms with E-state index < -0.39 is 0 Å². The van der Waals surface area contributed by atoms with E-state index in [4.69, 9.17) is 10.5 Å². The van der Waals surface area contributed by atoms with E-state index in [1.807, 2.05) is 44.2 Å². The van der Waals surface area contributed by atoms with E-state index in [0.717, 1.165) is 22.7 Å². The zero-order chi connectivity index (χ0) is 13.1. The predicted octanol–water partition coefficient (Wildman–Crippen LogP) is 3.03. The molecule has 4 heteroatoms. The molecular weight excluding hydrogens is 226 g/mol. The molecule has 0 aliphatic carbocycles. The fraction of sp³-hybridized carbons (Fsp3) is 0.214. The summed E-state index contributed by atoms with van der Waals surface area (Å²) >= 11 is 0. The summed E-state index contributed by atoms with van der Waals surface area (Å²) in [4.78, 5) is 4.37. The summed E-state index contributed by atoms with van der Waals surface area (Å²) in [6, 6.07) is 9.60. The number of nitrogens with one attached hydrogen (secondary N) is 1. The zero-order valence-electron chi connectivity index (χ0n) is 10.8. The van der Waals surface area contributed by atoms with Crippen molar-refractivity contribution in [3.63, 3.8) is 0 Å². The van der Waals surface area contributed by atoms with E-state index >= 15 is 0 Å². The number of rotatable bonds is 3. The Labute approximate surface area is 107 Å². The highest BCUT2D eigenvalue weighted by atomic mass is 16.5. The smallest absolute Gasteiger partial charge is 0.153 e. The summed E-state index contributed by atoms with van der Waals surface area (Å²) in [6.07, 6.45) is 0. The first-order valence-corrected chi connectivity index (χ1v) is 5.75. The number of methoxy groups -OCH3 is 1. The Balaban J connectivity index is 2.28. The van der Waals surface area contributed by atoms with Crippen LogP contribution in [0.25, 0.3) is 0 Å². The van der Waals surface area contributed by atoms with Crippen molar-refractivity contribution in [2.45, 2.75) is 13.8 Å². The number of nitrogens with two attached hydrogens (primary N) is 1. The first-order valence-electron chi connectivity index (χ1n) is 5.75. The van der Waals surface area contributed by atoms with Crippen molar-refractivity contribution in [1.82, 2.24) is 4.98 Å². The number of aryl methyl sites for hydroxylation is 2. The maximum atomic E-state index is 5.88. The van der Waals surface area contributed by atoms with Crippen LogP contribution in [0.15, 0.2) is 30.3 Å². The first-order chi connectivity index (χ1) is 8.60. The standard InChI is InChI=1S/C14H17N3O/c1-9-8-11(5-7-13(9)18-3)17-14-12(15)6-4-10(2)16-14/h4-8H,15H2,1-3H3,(H,16,17). The lowest BCUT2D eigenvalue weighted by atomic mass is 10.2. The average Bonchev–Trinajstić information content (AvgIpc) is 2.34. The lowest BCUT2D eigenvalue weighted by Gasteiger charge is -2.11. The van der Waals surface area contributed by atoms with Gasteiger partial charge in [0.25, 0.3) is 0 Å². The molecule has 0 aliphatic heterocycles. The summed E-state index contributed by atoms with van der Waals surface area (Å²) in [7, 11) is 1.66. The van der Waals surface area contributed by atoms with Crippen LogP contribution in [-0.4, -0.2) is 12.1 Å². The van der Waals surface area contributed by atoms with Gasteiger partial charge >= 0.3 is 0 Å². The number of ether oxygens (including phenoxy) is 1. The number of nitrogen functional groups attached to an aromatic ring is 1. The molecule has 0 saturated carbocycles. The summed E-state index contributed by atoms with van der Waals surface area (Å²) in [5, 5.41) is 3.21. The van der Waals surface area contributed by atoms with E-state index in [-0.39, 0.29) is 0 Å². The van der Waals surface area contributed by atoms with E-state index in [2.05, 4.69) is 10.3 Å². The van der Waals surface area contributed by atoms with Crippen LogP contribution in [-0.2, 0) is 0 Å². The van der Waals surface area contributed by atoms with Gasteiger partial charge in [0.1, 0.15) is 5.75 Å². The van der Waals surface area contributed by atoms with Gasteiger partial charge in [-0.2, -0.15) is 0 Å². The number of hydrogen-bond acceptors (Lipinski definition) is 4. The monoisotopic (exact) mass is 243 g/mol. The van der Waals surface area contributed by atoms with Crippen LogP contribution in [0.4, 0.5) is 17.2 Å². The zero-order valence-corrected chi connectivity index (χ0v) is 10.8. The number of benzene rings is 1. The predicted molar refractivity (Wildman–Crippen MR) is 74.4 cm³/mol. The molecule has 0 aliphatic rings. The number of anilines is 3. The van der Waals surface area contributed by atoms with Crippen LogP contribution in [0.1, 0.15) is 11.3 Å². The number of aromatic nitrogens is 1. The van der Waals surface area contributed by atoms with Crippen LogP contribution >= 0.6 is 0 Å². The third-order valence-corrected chi connectivity index (χ3v) is 2.72. The van der Waals surface area contributed by atoms with Crippen molar-refractivity contribution in [3.8, 4) is 5.75 Å². The fourth-order valence-electron chi connectivity index (χ4n) is 1.76. The average molecular weight is 243 g/mol. The molecule has 3 N–H and O–H groups in total. The first kappa shape index (κ1) is 12.2. The molecule has 2 aromatic rings. The van der Waals surface area contributed by atoms with Gasteiger partial charge in [0.05, 0.1) is 12.8 Å². The molecule has 0 spiro atoms. The molecular formula is C14H17N3O. The summed E-state index contributed by atoms with van der Waals surface area (Å²) in [5.74, 6) is 1.55. The molecule has 0 radical (unpaired) electrons. The Kier molecular flexibility index (Phi) is 3.37. The molecule has 1 aromatic carbocycles. The molecule has 0 unspecified atom stereocenters. The van der Waals surface area contributed by atoms with Gasteiger partial charge in [-0.3, -0.25) is 0 Å². The molecule has 1 heterocycles. The van der Waals surface area contributed by atoms with E-state index in [1.54, 1.807) is 7.11 Å². The van der Waals surface area contributed by atoms with E-state index in [0.29, 0.717) is 11.5 Å². The molecule has 94 valence electrons. The van der Waals surface area contributed by atoms with Gasteiger partial charge in [-0.25, -0.2) is 4.98 Å². The van der Waals surface area contributed by atoms with Crippen LogP contribution in [0.5, 0.6) is 5.75 Å². The van der Waals surface area contributed by atoms with Crippen LogP contribution < -0.4 is 15.8 Å². The van der Waals surface area contributed by atoms with Crippen molar-refractivity contribution in [2.75, 3.05) is 18.2 Å². The van der Waals surface area contributed by atoms with Gasteiger partial charge in [0.15, 0.2) is 5.82 Å². The minimum Gasteiger partial charge on any atom is -0.496 e. The molecule has 0 atom stereocenters. The maximum Gasteiger partial charge on any atom is 0.153 e. The number of pyridine rings is 1. The molecule has 2 rings (SSSR count). The van der Waals surface area contributed by atoms with Gasteiger partial charge in [0.2, 0.25) is 0 Å². The Morgan fingerprint density at radius 1 is 1.17 bits per heavy atom. The third-order valence-electron chi connectivity index (χ3n) is 2.72. The van der Waals surface area contributed by atoms with Crippen LogP contribution in [0, 0.1) is 13.8 Å². The Bertz CT molecular complexity index is 567. The summed E-state index contributed by atoms with van der Waals surface area (Å²) in [6.45, 7) is 3.93. The largest absolute Gasteiger partial charge is 0.496 e. The van der Waals surface area contributed by atoms with Crippen LogP contribution in [0.3, 0.4) is 0 Å². The highest BCUT2D eigenvalue weighted by Gasteiger charge is 2.04. The molecule has 0 bridgehead atoms. The minimum absolute atomic E-state index is 0.633. The minimum atomic E-state index is 0.633. The normalized spacial score (nSPS) is 10.2. The van der Waals surface area contributed by atoms with Crippen molar-refractivity contribution in [2.24, 2.45) is 0 Å². The fourth-order valence-corrected chi connectivity index (χ4v) is 1.76. The second-order valence-corrected chi connectivity index (χ2v) is 4.20. The Morgan fingerprint density at radius 3 is 2.61 bits per heavy atom. The highest BCUT2D eigenvalue weighted by molar-refractivity contribution is 5.69. The van der Waals surface area contributed by atoms with Gasteiger partial charge in [0, 0.05) is 11.4 Å². The van der Waals surface area contributed by atoms with Gasteiger partial charge in [-0.15, -0.1) is 0 Å². The molecule has 0 amide bonds. The quantitative estimate of drug-likeness (QED) is 0.869. The Morgan fingerprint density at radius 2 is 1.94 bits per heavy atom. The number of hydrogen-bond donors (Lipinski definition) is 2. The third kappa shape index (κ3) is 2.53. The van der Waals surface area contributed by atoms with Crippen molar-refractivity contribution in [3.05, 3.63) is 41.6 Å². The summed E-state index contributed by atoms with van der Waals surface area (Å²) < 4.78 is 5.22. The molecule has 0 saturated heterocycles. The number of nitrogens with zero attached hydrogens (tertiary/aromatic N) is 1. The van der Waals surface area contributed by atoms with Gasteiger partial charge in [-0.1, -0.05) is 0 Å².